The molecule has 7 atom stereocenters. The molecule has 0 saturated heterocycles. The average molecular weight is 429 g/mol. The molecule has 0 bridgehead atoms. The summed E-state index contributed by atoms with van der Waals surface area (Å²) >= 11 is 0. The second-order valence-corrected chi connectivity index (χ2v) is 10.8. The summed E-state index contributed by atoms with van der Waals surface area (Å²) in [6, 6.07) is 0. The van der Waals surface area contributed by atoms with Crippen molar-refractivity contribution in [2.24, 2.45) is 28.6 Å². The lowest BCUT2D eigenvalue weighted by atomic mass is 9.47. The van der Waals surface area contributed by atoms with E-state index < -0.39 is 5.60 Å². The van der Waals surface area contributed by atoms with Crippen LogP contribution in [0.2, 0.25) is 0 Å². The van der Waals surface area contributed by atoms with Crippen LogP contribution in [-0.2, 0) is 23.9 Å². The molecule has 0 heterocycles. The van der Waals surface area contributed by atoms with E-state index >= 15 is 0 Å². The number of hydrogen-bond acceptors (Lipinski definition) is 5. The van der Waals surface area contributed by atoms with Gasteiger partial charge in [-0.15, -0.1) is 0 Å². The van der Waals surface area contributed by atoms with Gasteiger partial charge in [-0.2, -0.15) is 0 Å². The van der Waals surface area contributed by atoms with Gasteiger partial charge in [0.1, 0.15) is 6.10 Å². The minimum absolute atomic E-state index is 0.0173. The van der Waals surface area contributed by atoms with E-state index in [1.54, 1.807) is 6.92 Å². The minimum Gasteiger partial charge on any atom is -0.458 e. The lowest BCUT2D eigenvalue weighted by molar-refractivity contribution is -0.185. The Morgan fingerprint density at radius 2 is 1.58 bits per heavy atom. The Balaban J connectivity index is 1.73. The minimum atomic E-state index is -1.000. The standard InChI is InChI=1S/C26H36O5/c1-15-13-20-21(24(5)10-7-19(14-23(15)24)30-17(3)28)8-11-25(6)22(20)9-12-26(25,16(2)27)31-18(4)29/h13-14,19-22H,7-12H2,1-6H3/t19?,20-,21+,22+,24-,25+,26+/m1/s1. The lowest BCUT2D eigenvalue weighted by Gasteiger charge is -2.58. The molecule has 0 aromatic heterocycles. The van der Waals surface area contributed by atoms with E-state index in [0.717, 1.165) is 32.1 Å². The predicted octanol–water partition coefficient (Wildman–Crippen LogP) is 4.94. The number of allylic oxidation sites excluding steroid dienone is 3. The molecule has 0 spiro atoms. The summed E-state index contributed by atoms with van der Waals surface area (Å²) in [5, 5.41) is 0. The van der Waals surface area contributed by atoms with Gasteiger partial charge in [-0.25, -0.2) is 0 Å². The van der Waals surface area contributed by atoms with Gasteiger partial charge in [0.2, 0.25) is 0 Å². The molecule has 5 heteroatoms. The molecule has 0 aromatic rings. The van der Waals surface area contributed by atoms with Crippen LogP contribution in [-0.4, -0.2) is 29.4 Å². The number of esters is 2. The maximum absolute atomic E-state index is 12.9. The molecule has 0 amide bonds. The molecule has 31 heavy (non-hydrogen) atoms. The zero-order valence-electron chi connectivity index (χ0n) is 19.7. The van der Waals surface area contributed by atoms with Gasteiger partial charge in [0.15, 0.2) is 11.4 Å². The van der Waals surface area contributed by atoms with Crippen LogP contribution in [0.5, 0.6) is 0 Å². The molecule has 0 aliphatic heterocycles. The van der Waals surface area contributed by atoms with Gasteiger partial charge in [-0.3, -0.25) is 14.4 Å². The third-order valence-corrected chi connectivity index (χ3v) is 9.26. The van der Waals surface area contributed by atoms with E-state index in [2.05, 4.69) is 32.9 Å². The van der Waals surface area contributed by atoms with Crippen molar-refractivity contribution in [2.75, 3.05) is 0 Å². The quantitative estimate of drug-likeness (QED) is 0.596. The molecule has 0 aromatic carbocycles. The van der Waals surface area contributed by atoms with Crippen molar-refractivity contribution in [3.63, 3.8) is 0 Å². The molecule has 1 unspecified atom stereocenters. The molecule has 4 rings (SSSR count). The van der Waals surface area contributed by atoms with Crippen LogP contribution in [0.25, 0.3) is 0 Å². The third-order valence-electron chi connectivity index (χ3n) is 9.26. The first kappa shape index (κ1) is 22.3. The Morgan fingerprint density at radius 1 is 0.903 bits per heavy atom. The molecule has 0 radical (unpaired) electrons. The van der Waals surface area contributed by atoms with Crippen molar-refractivity contribution in [2.45, 2.75) is 91.8 Å². The summed E-state index contributed by atoms with van der Waals surface area (Å²) in [4.78, 5) is 36.3. The second-order valence-electron chi connectivity index (χ2n) is 10.8. The van der Waals surface area contributed by atoms with E-state index in [4.69, 9.17) is 9.47 Å². The molecule has 4 aliphatic carbocycles. The van der Waals surface area contributed by atoms with Crippen molar-refractivity contribution in [1.29, 1.82) is 0 Å². The second kappa shape index (κ2) is 7.31. The van der Waals surface area contributed by atoms with Crippen LogP contribution in [0.15, 0.2) is 23.3 Å². The maximum atomic E-state index is 12.9. The molecular weight excluding hydrogens is 392 g/mol. The Morgan fingerprint density at radius 3 is 2.19 bits per heavy atom. The number of fused-ring (bicyclic) bond motifs is 5. The summed E-state index contributed by atoms with van der Waals surface area (Å²) < 4.78 is 11.4. The van der Waals surface area contributed by atoms with E-state index in [1.165, 1.54) is 25.0 Å². The highest BCUT2D eigenvalue weighted by Crippen LogP contribution is 2.68. The van der Waals surface area contributed by atoms with E-state index in [9.17, 15) is 14.4 Å². The first-order valence-corrected chi connectivity index (χ1v) is 11.7. The summed E-state index contributed by atoms with van der Waals surface area (Å²) in [6.07, 6.45) is 9.69. The number of carbonyl (C=O) groups excluding carboxylic acids is 3. The predicted molar refractivity (Wildman–Crippen MR) is 117 cm³/mol. The van der Waals surface area contributed by atoms with Gasteiger partial charge < -0.3 is 9.47 Å². The van der Waals surface area contributed by atoms with Gasteiger partial charge in [0.05, 0.1) is 0 Å². The average Bonchev–Trinajstić information content (AvgIpc) is 2.96. The van der Waals surface area contributed by atoms with Crippen LogP contribution in [0.1, 0.15) is 80.1 Å². The summed E-state index contributed by atoms with van der Waals surface area (Å²) in [5.74, 6) is 0.550. The van der Waals surface area contributed by atoms with Crippen LogP contribution >= 0.6 is 0 Å². The third kappa shape index (κ3) is 3.14. The number of carbonyl (C=O) groups is 3. The highest BCUT2D eigenvalue weighted by molar-refractivity contribution is 5.89. The zero-order valence-corrected chi connectivity index (χ0v) is 19.7. The summed E-state index contributed by atoms with van der Waals surface area (Å²) in [5.41, 5.74) is 1.29. The lowest BCUT2D eigenvalue weighted by Crippen LogP contribution is -2.58. The van der Waals surface area contributed by atoms with Gasteiger partial charge in [-0.05, 0) is 87.2 Å². The fraction of sp³-hybridized carbons (Fsp3) is 0.731. The molecule has 0 N–H and O–H groups in total. The highest BCUT2D eigenvalue weighted by Gasteiger charge is 2.67. The normalized spacial score (nSPS) is 43.5. The highest BCUT2D eigenvalue weighted by atomic mass is 16.6. The number of Topliss-reactive ketones (excluding diaryl/α,β-unsaturated/α-hetero) is 1. The smallest absolute Gasteiger partial charge is 0.303 e. The number of ketones is 1. The number of ether oxygens (including phenoxy) is 2. The molecule has 170 valence electrons. The Hall–Kier alpha value is -1.91. The van der Waals surface area contributed by atoms with E-state index in [-0.39, 0.29) is 34.7 Å². The SMILES string of the molecule is CC(=O)OC1C=C2C(C)=C[C@@H]3[C@H](CC[C@@]4(C)[C@H]3CC[C@]4(OC(C)=O)C(C)=O)[C@@]2(C)CC1. The number of rotatable bonds is 3. The van der Waals surface area contributed by atoms with Crippen LogP contribution in [0.4, 0.5) is 0 Å². The van der Waals surface area contributed by atoms with Crippen molar-refractivity contribution >= 4 is 17.7 Å². The molecule has 5 nitrogen and oxygen atoms in total. The van der Waals surface area contributed by atoms with Crippen molar-refractivity contribution in [1.82, 2.24) is 0 Å². The van der Waals surface area contributed by atoms with Gasteiger partial charge in [-0.1, -0.05) is 25.5 Å². The molecule has 2 fully saturated rings. The fourth-order valence-electron chi connectivity index (χ4n) is 7.92. The van der Waals surface area contributed by atoms with Gasteiger partial charge in [0.25, 0.3) is 0 Å². The number of hydrogen-bond donors (Lipinski definition) is 0. The first-order chi connectivity index (χ1) is 14.4. The molecule has 2 saturated carbocycles. The van der Waals surface area contributed by atoms with E-state index in [1.807, 2.05) is 0 Å². The van der Waals surface area contributed by atoms with Crippen LogP contribution in [0.3, 0.4) is 0 Å². The fourth-order valence-corrected chi connectivity index (χ4v) is 7.92. The summed E-state index contributed by atoms with van der Waals surface area (Å²) in [6.45, 7) is 11.2. The molecule has 4 aliphatic rings. The Labute approximate surface area is 185 Å². The van der Waals surface area contributed by atoms with E-state index in [0.29, 0.717) is 24.2 Å². The monoisotopic (exact) mass is 428 g/mol. The summed E-state index contributed by atoms with van der Waals surface area (Å²) in [7, 11) is 0. The topological polar surface area (TPSA) is 69.7 Å². The largest absolute Gasteiger partial charge is 0.458 e. The van der Waals surface area contributed by atoms with Crippen molar-refractivity contribution < 1.29 is 23.9 Å². The maximum Gasteiger partial charge on any atom is 0.303 e. The van der Waals surface area contributed by atoms with Gasteiger partial charge in [0, 0.05) is 19.3 Å². The molecular formula is C26H36O5. The van der Waals surface area contributed by atoms with Crippen LogP contribution < -0.4 is 0 Å². The zero-order chi connectivity index (χ0) is 22.8. The van der Waals surface area contributed by atoms with Gasteiger partial charge >= 0.3 is 11.9 Å². The van der Waals surface area contributed by atoms with Crippen molar-refractivity contribution in [3.05, 3.63) is 23.3 Å². The Bertz CT molecular complexity index is 884. The van der Waals surface area contributed by atoms with Crippen molar-refractivity contribution in [3.8, 4) is 0 Å². The first-order valence-electron chi connectivity index (χ1n) is 11.7. The Kier molecular flexibility index (Phi) is 5.26. The van der Waals surface area contributed by atoms with Crippen LogP contribution in [0, 0.1) is 28.6 Å².